The molecule has 0 radical (unpaired) electrons. The van der Waals surface area contributed by atoms with E-state index in [0.717, 1.165) is 12.3 Å². The molecule has 0 aliphatic rings. The number of carboxylic acid groups (broad SMARTS) is 1. The van der Waals surface area contributed by atoms with Gasteiger partial charge in [-0.05, 0) is 24.3 Å². The van der Waals surface area contributed by atoms with E-state index in [4.69, 9.17) is 10.8 Å². The summed E-state index contributed by atoms with van der Waals surface area (Å²) in [5.74, 6) is -2.65. The largest absolute Gasteiger partial charge is 0.478 e. The van der Waals surface area contributed by atoms with Crippen molar-refractivity contribution in [2.45, 2.75) is 0 Å². The summed E-state index contributed by atoms with van der Waals surface area (Å²) >= 11 is 0. The van der Waals surface area contributed by atoms with E-state index in [-0.39, 0.29) is 22.5 Å². The lowest BCUT2D eigenvalue weighted by atomic mass is 10.1. The molecule has 1 heterocycles. The number of nitrogens with one attached hydrogen (secondary N) is 1. The molecule has 6 nitrogen and oxygen atoms in total. The van der Waals surface area contributed by atoms with E-state index in [0.29, 0.717) is 0 Å². The molecule has 1 aromatic carbocycles. The summed E-state index contributed by atoms with van der Waals surface area (Å²) in [6.07, 6.45) is 2.40. The molecule has 0 spiro atoms. The highest BCUT2D eigenvalue weighted by atomic mass is 19.1. The molecular weight excluding hydrogens is 265 g/mol. The Hall–Kier alpha value is -2.96. The molecule has 0 fully saturated rings. The Kier molecular flexibility index (Phi) is 3.60. The third kappa shape index (κ3) is 2.89. The molecule has 0 unspecified atom stereocenters. The molecule has 0 aliphatic carbocycles. The van der Waals surface area contributed by atoms with E-state index in [2.05, 4.69) is 10.3 Å². The predicted octanol–water partition coefficient (Wildman–Crippen LogP) is 1.75. The quantitative estimate of drug-likeness (QED) is 0.740. The molecule has 4 N–H and O–H groups in total. The molecule has 0 saturated heterocycles. The minimum Gasteiger partial charge on any atom is -0.478 e. The molecule has 1 amide bonds. The number of anilines is 2. The number of carboxylic acids is 1. The summed E-state index contributed by atoms with van der Waals surface area (Å²) in [6.45, 7) is 0. The number of hydrogen-bond donors (Lipinski definition) is 3. The van der Waals surface area contributed by atoms with Crippen LogP contribution in [0.25, 0.3) is 0 Å². The van der Waals surface area contributed by atoms with Gasteiger partial charge in [-0.15, -0.1) is 0 Å². The monoisotopic (exact) mass is 275 g/mol. The van der Waals surface area contributed by atoms with Crippen molar-refractivity contribution in [3.63, 3.8) is 0 Å². The van der Waals surface area contributed by atoms with E-state index in [1.807, 2.05) is 0 Å². The number of carbonyl (C=O) groups excluding carboxylic acids is 1. The van der Waals surface area contributed by atoms with E-state index in [9.17, 15) is 14.0 Å². The lowest BCUT2D eigenvalue weighted by molar-refractivity contribution is 0.0696. The van der Waals surface area contributed by atoms with Crippen molar-refractivity contribution in [2.24, 2.45) is 0 Å². The lowest BCUT2D eigenvalue weighted by Gasteiger charge is -2.07. The number of nitrogens with zero attached hydrogens (tertiary/aromatic N) is 1. The summed E-state index contributed by atoms with van der Waals surface area (Å²) in [4.78, 5) is 26.3. The minimum absolute atomic E-state index is 0.0828. The van der Waals surface area contributed by atoms with Crippen molar-refractivity contribution < 1.29 is 19.1 Å². The van der Waals surface area contributed by atoms with Gasteiger partial charge in [0.2, 0.25) is 0 Å². The molecule has 0 bridgehead atoms. The van der Waals surface area contributed by atoms with Crippen LogP contribution in [-0.2, 0) is 0 Å². The van der Waals surface area contributed by atoms with Gasteiger partial charge >= 0.3 is 5.97 Å². The predicted molar refractivity (Wildman–Crippen MR) is 70.0 cm³/mol. The number of carbonyl (C=O) groups is 2. The van der Waals surface area contributed by atoms with Crippen LogP contribution in [0.4, 0.5) is 15.8 Å². The fourth-order valence-corrected chi connectivity index (χ4v) is 1.54. The summed E-state index contributed by atoms with van der Waals surface area (Å²) in [5.41, 5.74) is 5.47. The zero-order chi connectivity index (χ0) is 14.7. The first kappa shape index (κ1) is 13.5. The standard InChI is InChI=1S/C13H10FN3O3/c14-11-4-8(15)1-2-10(11)12(18)17-9-3-7(13(19)20)5-16-6-9/h1-6H,15H2,(H,17,18)(H,19,20). The highest BCUT2D eigenvalue weighted by Gasteiger charge is 2.13. The van der Waals surface area contributed by atoms with Gasteiger partial charge in [0, 0.05) is 11.9 Å². The average molecular weight is 275 g/mol. The molecule has 102 valence electrons. The molecule has 0 saturated carbocycles. The first-order valence-electron chi connectivity index (χ1n) is 5.52. The van der Waals surface area contributed by atoms with Gasteiger partial charge in [-0.3, -0.25) is 9.78 Å². The van der Waals surface area contributed by atoms with Gasteiger partial charge in [-0.1, -0.05) is 0 Å². The Labute approximate surface area is 113 Å². The number of nitrogen functional groups attached to an aromatic ring is 1. The van der Waals surface area contributed by atoms with Gasteiger partial charge in [0.05, 0.1) is 23.0 Å². The molecule has 2 rings (SSSR count). The van der Waals surface area contributed by atoms with Gasteiger partial charge < -0.3 is 16.2 Å². The van der Waals surface area contributed by atoms with E-state index < -0.39 is 17.7 Å². The number of benzene rings is 1. The zero-order valence-corrected chi connectivity index (χ0v) is 10.1. The first-order chi connectivity index (χ1) is 9.47. The third-order valence-corrected chi connectivity index (χ3v) is 2.48. The summed E-state index contributed by atoms with van der Waals surface area (Å²) in [6, 6.07) is 4.89. The number of halogens is 1. The number of amides is 1. The van der Waals surface area contributed by atoms with Gasteiger partial charge in [-0.2, -0.15) is 0 Å². The second-order valence-corrected chi connectivity index (χ2v) is 3.96. The van der Waals surface area contributed by atoms with Gasteiger partial charge in [0.1, 0.15) is 5.82 Å². The molecule has 20 heavy (non-hydrogen) atoms. The van der Waals surface area contributed by atoms with Crippen molar-refractivity contribution in [3.8, 4) is 0 Å². The van der Waals surface area contributed by atoms with E-state index >= 15 is 0 Å². The molecule has 0 atom stereocenters. The normalized spacial score (nSPS) is 10.1. The number of aromatic nitrogens is 1. The Morgan fingerprint density at radius 2 is 2.00 bits per heavy atom. The summed E-state index contributed by atoms with van der Waals surface area (Å²) < 4.78 is 13.6. The van der Waals surface area contributed by atoms with Crippen LogP contribution in [0.3, 0.4) is 0 Å². The van der Waals surface area contributed by atoms with Crippen LogP contribution in [-0.4, -0.2) is 22.0 Å². The highest BCUT2D eigenvalue weighted by Crippen LogP contribution is 2.15. The van der Waals surface area contributed by atoms with Crippen molar-refractivity contribution in [3.05, 3.63) is 53.6 Å². The zero-order valence-electron chi connectivity index (χ0n) is 10.1. The summed E-state index contributed by atoms with van der Waals surface area (Å²) in [5, 5.41) is 11.2. The van der Waals surface area contributed by atoms with Crippen LogP contribution in [0.15, 0.2) is 36.7 Å². The number of aromatic carboxylic acids is 1. The van der Waals surface area contributed by atoms with Crippen LogP contribution >= 0.6 is 0 Å². The van der Waals surface area contributed by atoms with Gasteiger partial charge in [-0.25, -0.2) is 9.18 Å². The van der Waals surface area contributed by atoms with Crippen LogP contribution in [0.5, 0.6) is 0 Å². The van der Waals surface area contributed by atoms with Crippen LogP contribution in [0.2, 0.25) is 0 Å². The van der Waals surface area contributed by atoms with Gasteiger partial charge in [0.25, 0.3) is 5.91 Å². The maximum atomic E-state index is 13.6. The van der Waals surface area contributed by atoms with Gasteiger partial charge in [0.15, 0.2) is 0 Å². The second-order valence-electron chi connectivity index (χ2n) is 3.96. The SMILES string of the molecule is Nc1ccc(C(=O)Nc2cncc(C(=O)O)c2)c(F)c1. The first-order valence-corrected chi connectivity index (χ1v) is 5.52. The molecule has 2 aromatic rings. The van der Waals surface area contributed by atoms with Crippen LogP contribution in [0, 0.1) is 5.82 Å². The van der Waals surface area contributed by atoms with Crippen molar-refractivity contribution in [2.75, 3.05) is 11.1 Å². The molecular formula is C13H10FN3O3. The number of rotatable bonds is 3. The average Bonchev–Trinajstić information content (AvgIpc) is 2.38. The van der Waals surface area contributed by atoms with Crippen molar-refractivity contribution in [1.29, 1.82) is 0 Å². The van der Waals surface area contributed by atoms with E-state index in [1.165, 1.54) is 24.4 Å². The van der Waals surface area contributed by atoms with E-state index in [1.54, 1.807) is 0 Å². The van der Waals surface area contributed by atoms with Crippen LogP contribution in [0.1, 0.15) is 20.7 Å². The summed E-state index contributed by atoms with van der Waals surface area (Å²) in [7, 11) is 0. The van der Waals surface area contributed by atoms with Crippen LogP contribution < -0.4 is 11.1 Å². The lowest BCUT2D eigenvalue weighted by Crippen LogP contribution is -2.14. The van der Waals surface area contributed by atoms with Crippen molar-refractivity contribution in [1.82, 2.24) is 4.98 Å². The Balaban J connectivity index is 2.23. The maximum absolute atomic E-state index is 13.6. The minimum atomic E-state index is -1.17. The molecule has 0 aliphatic heterocycles. The Morgan fingerprint density at radius 3 is 2.65 bits per heavy atom. The number of nitrogens with two attached hydrogens (primary N) is 1. The Bertz CT molecular complexity index is 688. The fraction of sp³-hybridized carbons (Fsp3) is 0. The maximum Gasteiger partial charge on any atom is 0.337 e. The number of hydrogen-bond acceptors (Lipinski definition) is 4. The highest BCUT2D eigenvalue weighted by molar-refractivity contribution is 6.05. The molecule has 7 heteroatoms. The second kappa shape index (κ2) is 5.35. The Morgan fingerprint density at radius 1 is 1.25 bits per heavy atom. The molecule has 1 aromatic heterocycles. The van der Waals surface area contributed by atoms with Crippen molar-refractivity contribution >= 4 is 23.3 Å². The smallest absolute Gasteiger partial charge is 0.337 e. The fourth-order valence-electron chi connectivity index (χ4n) is 1.54. The topological polar surface area (TPSA) is 105 Å². The third-order valence-electron chi connectivity index (χ3n) is 2.48. The number of pyridine rings is 1.